The minimum Gasteiger partial charge on any atom is -0.492 e. The van der Waals surface area contributed by atoms with E-state index < -0.39 is 0 Å². The summed E-state index contributed by atoms with van der Waals surface area (Å²) in [6.45, 7) is 11.4. The molecule has 5 heterocycles. The smallest absolute Gasteiger partial charge is 0.178 e. The van der Waals surface area contributed by atoms with Gasteiger partial charge in [0.25, 0.3) is 0 Å². The Morgan fingerprint density at radius 2 is 1.21 bits per heavy atom. The summed E-state index contributed by atoms with van der Waals surface area (Å²) in [6.07, 6.45) is 3.14. The molecule has 4 N–H and O–H groups in total. The van der Waals surface area contributed by atoms with Crippen LogP contribution in [-0.2, 0) is 4.74 Å². The van der Waals surface area contributed by atoms with Crippen LogP contribution in [0.1, 0.15) is 6.92 Å². The van der Waals surface area contributed by atoms with Crippen molar-refractivity contribution in [1.29, 1.82) is 0 Å². The monoisotopic (exact) mass is 849 g/mol. The molecule has 1 aliphatic rings. The zero-order valence-corrected chi connectivity index (χ0v) is 33.1. The lowest BCUT2D eigenvalue weighted by Gasteiger charge is -2.34. The highest BCUT2D eigenvalue weighted by atomic mass is 79.9. The molecule has 2 aromatic carbocycles. The summed E-state index contributed by atoms with van der Waals surface area (Å²) in [4.78, 5) is 29.1. The number of nitrogens with zero attached hydrogens (tertiary/aromatic N) is 6. The maximum atomic E-state index is 9.16. The molecule has 6 aromatic rings. The van der Waals surface area contributed by atoms with Crippen molar-refractivity contribution in [2.24, 2.45) is 0 Å². The average molecular weight is 852 g/mol. The van der Waals surface area contributed by atoms with E-state index in [1.54, 1.807) is 26.4 Å². The molecule has 53 heavy (non-hydrogen) atoms. The molecule has 280 valence electrons. The summed E-state index contributed by atoms with van der Waals surface area (Å²) in [5.74, 6) is 3.27. The fraction of sp³-hybridized carbons (Fsp3) is 0.368. The number of hydrogen-bond acceptors (Lipinski definition) is 11. The van der Waals surface area contributed by atoms with Gasteiger partial charge in [-0.2, -0.15) is 0 Å². The number of hydrogen-bond donors (Lipinski definition) is 4. The Kier molecular flexibility index (Phi) is 14.2. The molecule has 0 bridgehead atoms. The fourth-order valence-corrected chi connectivity index (χ4v) is 6.40. The SMILES string of the molecule is CC(O)CNCCOc1ccc(-c2nc3ncc(Br)cc3[nH]2)cc1.COCCN1CCN(CCOc2ccc(-c3nc4ncc(Br)cc4[nH]3)cc2)CC1. The number of aliphatic hydroxyl groups is 1. The third-order valence-corrected chi connectivity index (χ3v) is 9.47. The average Bonchev–Trinajstić information content (AvgIpc) is 3.79. The van der Waals surface area contributed by atoms with Crippen LogP contribution in [-0.4, -0.2) is 130 Å². The normalized spacial score (nSPS) is 14.3. The number of aromatic nitrogens is 6. The highest BCUT2D eigenvalue weighted by Gasteiger charge is 2.16. The summed E-state index contributed by atoms with van der Waals surface area (Å²) in [7, 11) is 1.76. The standard InChI is InChI=1S/C21H26BrN5O2.C17H19BrN4O2/c1-28-12-10-26-6-8-27(9-7-26)11-13-29-18-4-2-16(3-5-18)20-24-19-14-17(22)15-23-21(19)25-20;1-11(23)9-19-6-7-24-14-4-2-12(3-5-14)16-21-15-8-13(18)10-20-17(15)22-16/h2-5,14-15H,6-13H2,1H3,(H,23,24,25);2-5,8,10-11,19,23H,6-7,9H2,1H3,(H,20,21,22). The molecular weight excluding hydrogens is 806 g/mol. The first-order chi connectivity index (χ1) is 25.8. The van der Waals surface area contributed by atoms with Gasteiger partial charge in [-0.15, -0.1) is 0 Å². The quantitative estimate of drug-likeness (QED) is 0.0935. The number of ether oxygens (including phenoxy) is 3. The minimum absolute atomic E-state index is 0.344. The van der Waals surface area contributed by atoms with Crippen molar-refractivity contribution in [3.8, 4) is 34.3 Å². The number of fused-ring (bicyclic) bond motifs is 2. The van der Waals surface area contributed by atoms with E-state index in [9.17, 15) is 0 Å². The lowest BCUT2D eigenvalue weighted by molar-refractivity contribution is 0.0894. The van der Waals surface area contributed by atoms with Gasteiger partial charge in [-0.25, -0.2) is 19.9 Å². The largest absolute Gasteiger partial charge is 0.492 e. The van der Waals surface area contributed by atoms with Crippen molar-refractivity contribution >= 4 is 54.2 Å². The maximum absolute atomic E-state index is 9.16. The van der Waals surface area contributed by atoms with Gasteiger partial charge in [0.05, 0.1) is 23.7 Å². The van der Waals surface area contributed by atoms with Crippen LogP contribution in [0.3, 0.4) is 0 Å². The summed E-state index contributed by atoms with van der Waals surface area (Å²) >= 11 is 6.84. The van der Waals surface area contributed by atoms with Crippen LogP contribution in [0.5, 0.6) is 11.5 Å². The Morgan fingerprint density at radius 3 is 1.68 bits per heavy atom. The zero-order chi connectivity index (χ0) is 37.0. The van der Waals surface area contributed by atoms with Crippen LogP contribution >= 0.6 is 31.9 Å². The maximum Gasteiger partial charge on any atom is 0.178 e. The van der Waals surface area contributed by atoms with E-state index in [-0.39, 0.29) is 6.10 Å². The van der Waals surface area contributed by atoms with Crippen LogP contribution in [0.2, 0.25) is 0 Å². The van der Waals surface area contributed by atoms with Crippen molar-refractivity contribution in [2.75, 3.05) is 79.3 Å². The van der Waals surface area contributed by atoms with Gasteiger partial charge < -0.3 is 34.6 Å². The molecule has 15 heteroatoms. The number of aliphatic hydroxyl groups excluding tert-OH is 1. The number of halogens is 2. The molecule has 13 nitrogen and oxygen atoms in total. The zero-order valence-electron chi connectivity index (χ0n) is 29.9. The van der Waals surface area contributed by atoms with Crippen LogP contribution in [0.4, 0.5) is 0 Å². The topological polar surface area (TPSA) is 150 Å². The molecule has 1 atom stereocenters. The molecule has 0 radical (unpaired) electrons. The number of methoxy groups -OCH3 is 1. The van der Waals surface area contributed by atoms with Crippen molar-refractivity contribution in [3.05, 3.63) is 82.0 Å². The first-order valence-electron chi connectivity index (χ1n) is 17.6. The van der Waals surface area contributed by atoms with E-state index in [1.807, 2.05) is 60.7 Å². The van der Waals surface area contributed by atoms with E-state index >= 15 is 0 Å². The first-order valence-corrected chi connectivity index (χ1v) is 19.2. The lowest BCUT2D eigenvalue weighted by atomic mass is 10.2. The lowest BCUT2D eigenvalue weighted by Crippen LogP contribution is -2.48. The first kappa shape index (κ1) is 38.8. The molecule has 1 saturated heterocycles. The van der Waals surface area contributed by atoms with Gasteiger partial charge in [-0.1, -0.05) is 0 Å². The van der Waals surface area contributed by atoms with Gasteiger partial charge in [-0.3, -0.25) is 9.80 Å². The highest BCUT2D eigenvalue weighted by molar-refractivity contribution is 9.10. The number of piperazine rings is 1. The molecule has 0 saturated carbocycles. The minimum atomic E-state index is -0.344. The number of benzene rings is 2. The molecule has 0 aliphatic carbocycles. The molecule has 7 rings (SSSR count). The van der Waals surface area contributed by atoms with E-state index in [2.05, 4.69) is 76.9 Å². The molecule has 1 unspecified atom stereocenters. The Labute approximate surface area is 325 Å². The van der Waals surface area contributed by atoms with E-state index in [0.29, 0.717) is 37.6 Å². The number of rotatable bonds is 15. The Morgan fingerprint density at radius 1 is 0.736 bits per heavy atom. The van der Waals surface area contributed by atoms with Gasteiger partial charge in [0.15, 0.2) is 11.3 Å². The number of aromatic amines is 2. The van der Waals surface area contributed by atoms with Crippen molar-refractivity contribution in [2.45, 2.75) is 13.0 Å². The predicted molar refractivity (Wildman–Crippen MR) is 214 cm³/mol. The summed E-state index contributed by atoms with van der Waals surface area (Å²) in [5.41, 5.74) is 5.20. The summed E-state index contributed by atoms with van der Waals surface area (Å²) < 4.78 is 18.6. The van der Waals surface area contributed by atoms with Crippen molar-refractivity contribution < 1.29 is 19.3 Å². The Hall–Kier alpha value is -3.96. The molecule has 1 fully saturated rings. The molecule has 0 spiro atoms. The van der Waals surface area contributed by atoms with Crippen LogP contribution in [0, 0.1) is 0 Å². The molecular formula is C38H45Br2N9O4. The van der Waals surface area contributed by atoms with Gasteiger partial charge in [-0.05, 0) is 99.4 Å². The number of nitrogens with one attached hydrogen (secondary N) is 3. The van der Waals surface area contributed by atoms with Crippen molar-refractivity contribution in [1.82, 2.24) is 45.0 Å². The molecule has 4 aromatic heterocycles. The second-order valence-electron chi connectivity index (χ2n) is 12.7. The summed E-state index contributed by atoms with van der Waals surface area (Å²) in [6, 6.07) is 19.7. The highest BCUT2D eigenvalue weighted by Crippen LogP contribution is 2.25. The van der Waals surface area contributed by atoms with Crippen molar-refractivity contribution in [3.63, 3.8) is 0 Å². The van der Waals surface area contributed by atoms with Crippen LogP contribution in [0.15, 0.2) is 82.0 Å². The van der Waals surface area contributed by atoms with Gasteiger partial charge in [0.1, 0.15) is 36.4 Å². The third-order valence-electron chi connectivity index (χ3n) is 8.60. The number of H-pyrrole nitrogens is 2. The fourth-order valence-electron chi connectivity index (χ4n) is 5.74. The van der Waals surface area contributed by atoms with E-state index in [1.165, 1.54) is 0 Å². The molecule has 0 amide bonds. The summed E-state index contributed by atoms with van der Waals surface area (Å²) in [5, 5.41) is 12.3. The van der Waals surface area contributed by atoms with Gasteiger partial charge in [0.2, 0.25) is 0 Å². The second kappa shape index (κ2) is 19.4. The van der Waals surface area contributed by atoms with Crippen LogP contribution in [0.25, 0.3) is 45.1 Å². The van der Waals surface area contributed by atoms with Crippen LogP contribution < -0.4 is 14.8 Å². The van der Waals surface area contributed by atoms with Gasteiger partial charge in [0, 0.05) is 91.9 Å². The van der Waals surface area contributed by atoms with E-state index in [0.717, 1.165) is 100 Å². The Balaban J connectivity index is 0.000000185. The predicted octanol–water partition coefficient (Wildman–Crippen LogP) is 5.77. The Bertz CT molecular complexity index is 2010. The van der Waals surface area contributed by atoms with Gasteiger partial charge >= 0.3 is 0 Å². The number of imidazole rings is 2. The second-order valence-corrected chi connectivity index (χ2v) is 14.5. The van der Waals surface area contributed by atoms with E-state index in [4.69, 9.17) is 19.3 Å². The number of pyridine rings is 2. The molecule has 1 aliphatic heterocycles. The third kappa shape index (κ3) is 11.5.